The van der Waals surface area contributed by atoms with Crippen LogP contribution < -0.4 is 10.1 Å². The number of carbonyl (C=O) groups excluding carboxylic acids is 3. The zero-order valence-electron chi connectivity index (χ0n) is 20.8. The van der Waals surface area contributed by atoms with E-state index < -0.39 is 11.2 Å². The van der Waals surface area contributed by atoms with Crippen LogP contribution in [0.1, 0.15) is 29.3 Å². The quantitative estimate of drug-likeness (QED) is 0.343. The highest BCUT2D eigenvalue weighted by molar-refractivity contribution is 8.15. The molecule has 0 radical (unpaired) electrons. The molecular formula is C28H26ClN3O5S. The third-order valence-corrected chi connectivity index (χ3v) is 7.01. The van der Waals surface area contributed by atoms with Crippen LogP contribution in [0.3, 0.4) is 0 Å². The fourth-order valence-electron chi connectivity index (χ4n) is 3.73. The van der Waals surface area contributed by atoms with Crippen molar-refractivity contribution in [3.8, 4) is 5.75 Å². The first-order valence-electron chi connectivity index (χ1n) is 11.9. The predicted octanol–water partition coefficient (Wildman–Crippen LogP) is 5.69. The molecule has 1 aliphatic rings. The van der Waals surface area contributed by atoms with Crippen LogP contribution in [-0.4, -0.2) is 46.8 Å². The monoisotopic (exact) mass is 551 g/mol. The Bertz CT molecular complexity index is 1350. The van der Waals surface area contributed by atoms with E-state index in [1.807, 2.05) is 24.3 Å². The number of ether oxygens (including phenoxy) is 2. The van der Waals surface area contributed by atoms with E-state index >= 15 is 0 Å². The molecule has 2 amide bonds. The summed E-state index contributed by atoms with van der Waals surface area (Å²) in [6.45, 7) is 2.31. The van der Waals surface area contributed by atoms with E-state index in [4.69, 9.17) is 21.1 Å². The number of thioether (sulfide) groups is 1. The summed E-state index contributed by atoms with van der Waals surface area (Å²) < 4.78 is 10.3. The van der Waals surface area contributed by atoms with Gasteiger partial charge in [0.25, 0.3) is 0 Å². The molecule has 1 fully saturated rings. The van der Waals surface area contributed by atoms with Crippen LogP contribution in [0.2, 0.25) is 5.02 Å². The highest BCUT2D eigenvalue weighted by Gasteiger charge is 2.39. The Morgan fingerprint density at radius 3 is 2.47 bits per heavy atom. The minimum Gasteiger partial charge on any atom is -0.497 e. The molecule has 0 saturated carbocycles. The van der Waals surface area contributed by atoms with Crippen molar-refractivity contribution in [1.29, 1.82) is 0 Å². The lowest BCUT2D eigenvalue weighted by Crippen LogP contribution is -2.33. The molecule has 196 valence electrons. The minimum atomic E-state index is -0.648. The molecule has 0 unspecified atom stereocenters. The maximum atomic E-state index is 13.4. The maximum Gasteiger partial charge on any atom is 0.338 e. The van der Waals surface area contributed by atoms with Gasteiger partial charge in [0.15, 0.2) is 5.17 Å². The highest BCUT2D eigenvalue weighted by Crippen LogP contribution is 2.33. The van der Waals surface area contributed by atoms with Gasteiger partial charge in [-0.3, -0.25) is 14.5 Å². The number of benzene rings is 3. The average molecular weight is 552 g/mol. The Morgan fingerprint density at radius 1 is 1.08 bits per heavy atom. The van der Waals surface area contributed by atoms with Crippen molar-refractivity contribution >= 4 is 57.7 Å². The zero-order valence-corrected chi connectivity index (χ0v) is 22.4. The van der Waals surface area contributed by atoms with Crippen LogP contribution in [-0.2, 0) is 20.9 Å². The van der Waals surface area contributed by atoms with Crippen LogP contribution in [0.4, 0.5) is 11.4 Å². The van der Waals surface area contributed by atoms with Gasteiger partial charge in [-0.2, -0.15) is 0 Å². The van der Waals surface area contributed by atoms with Gasteiger partial charge < -0.3 is 14.8 Å². The van der Waals surface area contributed by atoms with Gasteiger partial charge in [-0.25, -0.2) is 9.79 Å². The van der Waals surface area contributed by atoms with Crippen molar-refractivity contribution in [1.82, 2.24) is 4.90 Å². The van der Waals surface area contributed by atoms with Crippen molar-refractivity contribution in [2.24, 2.45) is 4.99 Å². The summed E-state index contributed by atoms with van der Waals surface area (Å²) >= 11 is 7.24. The number of carbonyl (C=O) groups is 3. The summed E-state index contributed by atoms with van der Waals surface area (Å²) in [5.41, 5.74) is 2.42. The van der Waals surface area contributed by atoms with Gasteiger partial charge in [-0.1, -0.05) is 41.6 Å². The van der Waals surface area contributed by atoms with Crippen molar-refractivity contribution in [2.45, 2.75) is 25.1 Å². The van der Waals surface area contributed by atoms with Gasteiger partial charge >= 0.3 is 5.97 Å². The Balaban J connectivity index is 1.55. The van der Waals surface area contributed by atoms with E-state index in [9.17, 15) is 14.4 Å². The van der Waals surface area contributed by atoms with E-state index in [0.717, 1.165) is 5.56 Å². The van der Waals surface area contributed by atoms with Crippen molar-refractivity contribution in [3.63, 3.8) is 0 Å². The van der Waals surface area contributed by atoms with Crippen LogP contribution in [0, 0.1) is 0 Å². The second-order valence-corrected chi connectivity index (χ2v) is 9.91. The summed E-state index contributed by atoms with van der Waals surface area (Å²) in [6.07, 6.45) is -0.0318. The van der Waals surface area contributed by atoms with Crippen molar-refractivity contribution in [2.75, 3.05) is 19.0 Å². The molecular weight excluding hydrogens is 526 g/mol. The minimum absolute atomic E-state index is 0.0318. The number of nitrogens with one attached hydrogen (secondary N) is 1. The van der Waals surface area contributed by atoms with E-state index in [-0.39, 0.29) is 31.4 Å². The van der Waals surface area contributed by atoms with Gasteiger partial charge in [-0.15, -0.1) is 0 Å². The normalized spacial score (nSPS) is 16.0. The molecule has 0 bridgehead atoms. The summed E-state index contributed by atoms with van der Waals surface area (Å²) in [5, 5.41) is 3.12. The summed E-state index contributed by atoms with van der Waals surface area (Å²) in [6, 6.07) is 20.9. The molecule has 38 heavy (non-hydrogen) atoms. The fourth-order valence-corrected chi connectivity index (χ4v) is 5.08. The molecule has 8 nitrogen and oxygen atoms in total. The zero-order chi connectivity index (χ0) is 27.1. The molecule has 1 N–H and O–H groups in total. The number of amides is 2. The molecule has 3 aromatic rings. The molecule has 1 saturated heterocycles. The van der Waals surface area contributed by atoms with Crippen molar-refractivity contribution in [3.05, 3.63) is 88.9 Å². The Labute approximate surface area is 230 Å². The number of anilines is 1. The first kappa shape index (κ1) is 27.2. The topological polar surface area (TPSA) is 97.3 Å². The largest absolute Gasteiger partial charge is 0.497 e. The fraction of sp³-hybridized carbons (Fsp3) is 0.214. The molecule has 0 spiro atoms. The lowest BCUT2D eigenvalue weighted by atomic mass is 10.2. The molecule has 3 aromatic carbocycles. The molecule has 0 aromatic heterocycles. The number of nitrogens with zero attached hydrogens (tertiary/aromatic N) is 2. The third-order valence-electron chi connectivity index (χ3n) is 5.60. The maximum absolute atomic E-state index is 13.4. The van der Waals surface area contributed by atoms with Gasteiger partial charge in [0, 0.05) is 17.1 Å². The SMILES string of the molecule is CCOC(=O)c1ccc(N=C2S[C@H](CC(=O)Nc3cccc(Cl)c3)C(=O)N2Cc2ccc(OC)cc2)cc1. The summed E-state index contributed by atoms with van der Waals surface area (Å²) in [4.78, 5) is 44.4. The number of amidine groups is 1. The second kappa shape index (κ2) is 12.6. The van der Waals surface area contributed by atoms with Crippen LogP contribution >= 0.6 is 23.4 Å². The molecule has 1 atom stereocenters. The smallest absolute Gasteiger partial charge is 0.338 e. The lowest BCUT2D eigenvalue weighted by molar-refractivity contribution is -0.128. The number of halogens is 1. The van der Waals surface area contributed by atoms with Crippen molar-refractivity contribution < 1.29 is 23.9 Å². The van der Waals surface area contributed by atoms with Gasteiger partial charge in [0.2, 0.25) is 11.8 Å². The highest BCUT2D eigenvalue weighted by atomic mass is 35.5. The molecule has 1 aliphatic heterocycles. The van der Waals surface area contributed by atoms with Gasteiger partial charge in [0.1, 0.15) is 11.0 Å². The number of hydrogen-bond acceptors (Lipinski definition) is 7. The first-order chi connectivity index (χ1) is 18.4. The Kier molecular flexibility index (Phi) is 9.04. The molecule has 1 heterocycles. The number of esters is 1. The molecule has 4 rings (SSSR count). The van der Waals surface area contributed by atoms with Crippen LogP contribution in [0.25, 0.3) is 0 Å². The van der Waals surface area contributed by atoms with Gasteiger partial charge in [0.05, 0.1) is 31.5 Å². The van der Waals surface area contributed by atoms with Crippen LogP contribution in [0.15, 0.2) is 77.8 Å². The second-order valence-electron chi connectivity index (χ2n) is 8.30. The van der Waals surface area contributed by atoms with E-state index in [0.29, 0.717) is 32.9 Å². The van der Waals surface area contributed by atoms with Crippen LogP contribution in [0.5, 0.6) is 5.75 Å². The average Bonchev–Trinajstić information content (AvgIpc) is 3.18. The summed E-state index contributed by atoms with van der Waals surface area (Å²) in [7, 11) is 1.59. The molecule has 0 aliphatic carbocycles. The van der Waals surface area contributed by atoms with E-state index in [1.165, 1.54) is 11.8 Å². The number of methoxy groups -OCH3 is 1. The third kappa shape index (κ3) is 6.93. The van der Waals surface area contributed by atoms with E-state index in [2.05, 4.69) is 10.3 Å². The van der Waals surface area contributed by atoms with Gasteiger partial charge in [-0.05, 0) is 67.1 Å². The summed E-state index contributed by atoms with van der Waals surface area (Å²) in [5.74, 6) is -0.220. The Morgan fingerprint density at radius 2 is 1.82 bits per heavy atom. The van der Waals surface area contributed by atoms with E-state index in [1.54, 1.807) is 67.5 Å². The number of hydrogen-bond donors (Lipinski definition) is 1. The molecule has 10 heteroatoms. The number of rotatable bonds is 9. The Hall–Kier alpha value is -3.82. The lowest BCUT2D eigenvalue weighted by Gasteiger charge is -2.17. The standard InChI is InChI=1S/C28H26ClN3O5S/c1-3-37-27(35)19-9-11-21(12-10-19)31-28-32(17-18-7-13-23(36-2)14-8-18)26(34)24(38-28)16-25(33)30-22-6-4-5-20(29)15-22/h4-15,24H,3,16-17H2,1-2H3,(H,30,33)/t24-/m1/s1. The number of aliphatic imine (C=N–C) groups is 1. The first-order valence-corrected chi connectivity index (χ1v) is 13.1. The predicted molar refractivity (Wildman–Crippen MR) is 149 cm³/mol.